The minimum absolute atomic E-state index is 0.206. The molecule has 106 valence electrons. The fourth-order valence-corrected chi connectivity index (χ4v) is 3.04. The second-order valence-corrected chi connectivity index (χ2v) is 5.73. The second kappa shape index (κ2) is 5.52. The van der Waals surface area contributed by atoms with E-state index in [2.05, 4.69) is 23.5 Å². The van der Waals surface area contributed by atoms with Crippen LogP contribution in [0, 0.1) is 0 Å². The summed E-state index contributed by atoms with van der Waals surface area (Å²) in [5, 5.41) is 16.6. The van der Waals surface area contributed by atoms with E-state index in [1.165, 1.54) is 0 Å². The molecule has 1 aliphatic heterocycles. The van der Waals surface area contributed by atoms with Crippen molar-refractivity contribution in [2.75, 3.05) is 19.8 Å². The molecule has 2 atom stereocenters. The lowest BCUT2D eigenvalue weighted by atomic mass is 9.86. The van der Waals surface area contributed by atoms with Gasteiger partial charge in [-0.3, -0.25) is 0 Å². The molecule has 0 aliphatic carbocycles. The Morgan fingerprint density at radius 1 is 1.25 bits per heavy atom. The van der Waals surface area contributed by atoms with Crippen LogP contribution < -0.4 is 5.32 Å². The van der Waals surface area contributed by atoms with E-state index in [1.807, 2.05) is 31.2 Å². The highest BCUT2D eigenvalue weighted by Crippen LogP contribution is 2.32. The highest BCUT2D eigenvalue weighted by Gasteiger charge is 2.29. The molecule has 2 N–H and O–H groups in total. The predicted molar refractivity (Wildman–Crippen MR) is 80.7 cm³/mol. The van der Waals surface area contributed by atoms with Gasteiger partial charge in [0.15, 0.2) is 0 Å². The number of fused-ring (bicyclic) bond motifs is 1. The molecule has 1 heterocycles. The minimum Gasteiger partial charge on any atom is -0.385 e. The van der Waals surface area contributed by atoms with E-state index in [-0.39, 0.29) is 6.04 Å². The maximum absolute atomic E-state index is 10.9. The Morgan fingerprint density at radius 2 is 2.05 bits per heavy atom. The molecule has 0 radical (unpaired) electrons. The molecular formula is C17H21NO2. The quantitative estimate of drug-likeness (QED) is 0.901. The molecule has 0 spiro atoms. The smallest absolute Gasteiger partial charge is 0.0890 e. The highest BCUT2D eigenvalue weighted by molar-refractivity contribution is 5.86. The summed E-state index contributed by atoms with van der Waals surface area (Å²) in [7, 11) is 0. The molecule has 1 fully saturated rings. The average Bonchev–Trinajstić information content (AvgIpc) is 2.47. The van der Waals surface area contributed by atoms with Crippen molar-refractivity contribution in [1.82, 2.24) is 5.32 Å². The molecule has 0 saturated carbocycles. The summed E-state index contributed by atoms with van der Waals surface area (Å²) in [5.74, 6) is 0. The molecule has 2 aromatic carbocycles. The topological polar surface area (TPSA) is 41.5 Å². The van der Waals surface area contributed by atoms with Crippen LogP contribution in [0.5, 0.6) is 0 Å². The monoisotopic (exact) mass is 271 g/mol. The van der Waals surface area contributed by atoms with Crippen LogP contribution >= 0.6 is 0 Å². The van der Waals surface area contributed by atoms with Crippen molar-refractivity contribution < 1.29 is 9.84 Å². The van der Waals surface area contributed by atoms with Gasteiger partial charge in [0.05, 0.1) is 18.8 Å². The molecule has 3 rings (SSSR count). The first-order chi connectivity index (χ1) is 9.67. The molecule has 2 aromatic rings. The second-order valence-electron chi connectivity index (χ2n) is 5.73. The van der Waals surface area contributed by atoms with Crippen molar-refractivity contribution in [3.05, 3.63) is 48.0 Å². The zero-order valence-electron chi connectivity index (χ0n) is 11.8. The van der Waals surface area contributed by atoms with E-state index < -0.39 is 5.60 Å². The van der Waals surface area contributed by atoms with Gasteiger partial charge < -0.3 is 15.2 Å². The Hall–Kier alpha value is -1.42. The van der Waals surface area contributed by atoms with Gasteiger partial charge in [-0.15, -0.1) is 0 Å². The molecule has 3 nitrogen and oxygen atoms in total. The minimum atomic E-state index is -0.862. The molecule has 0 aromatic heterocycles. The van der Waals surface area contributed by atoms with Gasteiger partial charge in [-0.1, -0.05) is 42.5 Å². The number of hydrogen-bond acceptors (Lipinski definition) is 3. The van der Waals surface area contributed by atoms with Crippen LogP contribution in [-0.2, 0) is 10.3 Å². The fraction of sp³-hybridized carbons (Fsp3) is 0.412. The van der Waals surface area contributed by atoms with E-state index in [0.717, 1.165) is 29.5 Å². The molecule has 2 unspecified atom stereocenters. The van der Waals surface area contributed by atoms with Gasteiger partial charge in [-0.2, -0.15) is 0 Å². The number of morpholine rings is 1. The first kappa shape index (κ1) is 13.6. The van der Waals surface area contributed by atoms with Crippen LogP contribution in [0.3, 0.4) is 0 Å². The average molecular weight is 271 g/mol. The van der Waals surface area contributed by atoms with Gasteiger partial charge in [0, 0.05) is 12.6 Å². The molecule has 20 heavy (non-hydrogen) atoms. The van der Waals surface area contributed by atoms with Crippen molar-refractivity contribution >= 4 is 10.8 Å². The Bertz CT molecular complexity index is 583. The Balaban J connectivity index is 1.91. The summed E-state index contributed by atoms with van der Waals surface area (Å²) in [5.41, 5.74) is 0.127. The van der Waals surface area contributed by atoms with Gasteiger partial charge >= 0.3 is 0 Å². The Morgan fingerprint density at radius 3 is 2.85 bits per heavy atom. The summed E-state index contributed by atoms with van der Waals surface area (Å²) in [6.07, 6.45) is 0.654. The summed E-state index contributed by atoms with van der Waals surface area (Å²) in [4.78, 5) is 0. The number of aliphatic hydroxyl groups is 1. The maximum Gasteiger partial charge on any atom is 0.0890 e. The van der Waals surface area contributed by atoms with Crippen LogP contribution in [-0.4, -0.2) is 30.9 Å². The lowest BCUT2D eigenvalue weighted by Crippen LogP contribution is -2.45. The summed E-state index contributed by atoms with van der Waals surface area (Å²) in [6, 6.07) is 14.5. The van der Waals surface area contributed by atoms with Gasteiger partial charge in [0.2, 0.25) is 0 Å². The lowest BCUT2D eigenvalue weighted by Gasteiger charge is -2.32. The lowest BCUT2D eigenvalue weighted by molar-refractivity contribution is 0.00414. The first-order valence-corrected chi connectivity index (χ1v) is 7.18. The molecule has 0 amide bonds. The highest BCUT2D eigenvalue weighted by atomic mass is 16.5. The van der Waals surface area contributed by atoms with Gasteiger partial charge in [-0.25, -0.2) is 0 Å². The van der Waals surface area contributed by atoms with Gasteiger partial charge in [-0.05, 0) is 29.7 Å². The van der Waals surface area contributed by atoms with Crippen LogP contribution in [0.4, 0.5) is 0 Å². The third kappa shape index (κ3) is 2.70. The zero-order valence-corrected chi connectivity index (χ0v) is 11.8. The largest absolute Gasteiger partial charge is 0.385 e. The summed E-state index contributed by atoms with van der Waals surface area (Å²) >= 11 is 0. The van der Waals surface area contributed by atoms with Crippen LogP contribution in [0.1, 0.15) is 18.9 Å². The molecule has 1 saturated heterocycles. The third-order valence-corrected chi connectivity index (χ3v) is 4.01. The van der Waals surface area contributed by atoms with Crippen LogP contribution in [0.15, 0.2) is 42.5 Å². The van der Waals surface area contributed by atoms with Crippen molar-refractivity contribution in [3.8, 4) is 0 Å². The van der Waals surface area contributed by atoms with Crippen molar-refractivity contribution in [1.29, 1.82) is 0 Å². The fourth-order valence-electron chi connectivity index (χ4n) is 3.04. The number of rotatable bonds is 3. The van der Waals surface area contributed by atoms with Crippen molar-refractivity contribution in [2.45, 2.75) is 25.0 Å². The van der Waals surface area contributed by atoms with E-state index in [1.54, 1.807) is 0 Å². The van der Waals surface area contributed by atoms with Crippen LogP contribution in [0.25, 0.3) is 10.8 Å². The molecule has 1 aliphatic rings. The number of benzene rings is 2. The summed E-state index contributed by atoms with van der Waals surface area (Å²) < 4.78 is 5.48. The number of ether oxygens (including phenoxy) is 1. The first-order valence-electron chi connectivity index (χ1n) is 7.18. The van der Waals surface area contributed by atoms with Gasteiger partial charge in [0.1, 0.15) is 0 Å². The standard InChI is InChI=1S/C17H21NO2/c1-17(19,11-14-12-20-10-9-18-14)16-8-4-6-13-5-2-3-7-15(13)16/h2-8,14,18-19H,9-12H2,1H3. The van der Waals surface area contributed by atoms with E-state index in [0.29, 0.717) is 13.0 Å². The molecule has 3 heteroatoms. The van der Waals surface area contributed by atoms with Crippen molar-refractivity contribution in [3.63, 3.8) is 0 Å². The molecular weight excluding hydrogens is 250 g/mol. The van der Waals surface area contributed by atoms with Gasteiger partial charge in [0.25, 0.3) is 0 Å². The third-order valence-electron chi connectivity index (χ3n) is 4.01. The Labute approximate surface area is 119 Å². The predicted octanol–water partition coefficient (Wildman–Crippen LogP) is 2.43. The van der Waals surface area contributed by atoms with E-state index in [4.69, 9.17) is 4.74 Å². The summed E-state index contributed by atoms with van der Waals surface area (Å²) in [6.45, 7) is 4.18. The zero-order chi connectivity index (χ0) is 14.0. The maximum atomic E-state index is 10.9. The Kier molecular flexibility index (Phi) is 3.74. The molecule has 0 bridgehead atoms. The number of hydrogen-bond donors (Lipinski definition) is 2. The van der Waals surface area contributed by atoms with Crippen LogP contribution in [0.2, 0.25) is 0 Å². The van der Waals surface area contributed by atoms with E-state index in [9.17, 15) is 5.11 Å². The normalized spacial score (nSPS) is 22.6. The van der Waals surface area contributed by atoms with Crippen molar-refractivity contribution in [2.24, 2.45) is 0 Å². The van der Waals surface area contributed by atoms with E-state index >= 15 is 0 Å². The SMILES string of the molecule is CC(O)(CC1COCCN1)c1cccc2ccccc12. The number of nitrogens with one attached hydrogen (secondary N) is 1.